The molecule has 8 heteroatoms. The van der Waals surface area contributed by atoms with E-state index in [1.165, 1.54) is 20.4 Å². The summed E-state index contributed by atoms with van der Waals surface area (Å²) in [7, 11) is 2.63. The van der Waals surface area contributed by atoms with Gasteiger partial charge < -0.3 is 14.8 Å². The SMILES string of the molecule is COC(=O)C(NC(=O)c1c(OC)c(-c2ccccc2)nc2ccccc12)C1=NC=CCC1=O. The molecule has 8 nitrogen and oxygen atoms in total. The number of esters is 1. The summed E-state index contributed by atoms with van der Waals surface area (Å²) < 4.78 is 10.5. The molecule has 33 heavy (non-hydrogen) atoms. The minimum absolute atomic E-state index is 0.0849. The molecule has 1 aliphatic rings. The fourth-order valence-electron chi connectivity index (χ4n) is 3.68. The number of hydrogen-bond donors (Lipinski definition) is 1. The van der Waals surface area contributed by atoms with E-state index in [0.717, 1.165) is 5.56 Å². The summed E-state index contributed by atoms with van der Waals surface area (Å²) in [5, 5.41) is 3.16. The lowest BCUT2D eigenvalue weighted by Gasteiger charge is -2.21. The van der Waals surface area contributed by atoms with Crippen molar-refractivity contribution in [2.45, 2.75) is 12.5 Å². The number of pyridine rings is 1. The first-order valence-electron chi connectivity index (χ1n) is 10.2. The smallest absolute Gasteiger partial charge is 0.334 e. The highest BCUT2D eigenvalue weighted by atomic mass is 16.5. The van der Waals surface area contributed by atoms with Crippen LogP contribution >= 0.6 is 0 Å². The lowest BCUT2D eigenvalue weighted by atomic mass is 10.00. The van der Waals surface area contributed by atoms with Crippen LogP contribution in [0, 0.1) is 0 Å². The average molecular weight is 443 g/mol. The summed E-state index contributed by atoms with van der Waals surface area (Å²) >= 11 is 0. The number of nitrogens with one attached hydrogen (secondary N) is 1. The first-order valence-corrected chi connectivity index (χ1v) is 10.2. The van der Waals surface area contributed by atoms with Gasteiger partial charge in [0.05, 0.1) is 25.3 Å². The summed E-state index contributed by atoms with van der Waals surface area (Å²) in [6, 6.07) is 15.1. The number of Topliss-reactive ketones (excluding diaryl/α,β-unsaturated/α-hetero) is 1. The highest BCUT2D eigenvalue weighted by Crippen LogP contribution is 2.36. The minimum atomic E-state index is -1.36. The molecule has 0 fully saturated rings. The first-order chi connectivity index (χ1) is 16.0. The number of hydrogen-bond acceptors (Lipinski definition) is 7. The van der Waals surface area contributed by atoms with Crippen molar-refractivity contribution in [1.29, 1.82) is 0 Å². The van der Waals surface area contributed by atoms with Crippen molar-refractivity contribution in [3.05, 3.63) is 72.4 Å². The number of methoxy groups -OCH3 is 2. The van der Waals surface area contributed by atoms with Crippen molar-refractivity contribution in [3.8, 4) is 17.0 Å². The fraction of sp³-hybridized carbons (Fsp3) is 0.160. The van der Waals surface area contributed by atoms with E-state index in [9.17, 15) is 14.4 Å². The van der Waals surface area contributed by atoms with Gasteiger partial charge in [-0.1, -0.05) is 54.6 Å². The molecule has 166 valence electrons. The lowest BCUT2D eigenvalue weighted by Crippen LogP contribution is -2.50. The molecule has 2 heterocycles. The number of amides is 1. The van der Waals surface area contributed by atoms with Gasteiger partial charge in [-0.05, 0) is 6.07 Å². The van der Waals surface area contributed by atoms with Gasteiger partial charge in [0.2, 0.25) is 0 Å². The summed E-state index contributed by atoms with van der Waals surface area (Å²) in [4.78, 5) is 47.2. The Hall–Kier alpha value is -4.33. The van der Waals surface area contributed by atoms with E-state index in [2.05, 4.69) is 10.3 Å². The van der Waals surface area contributed by atoms with E-state index >= 15 is 0 Å². The van der Waals surface area contributed by atoms with Crippen molar-refractivity contribution in [1.82, 2.24) is 10.3 Å². The molecule has 0 spiro atoms. The number of nitrogens with zero attached hydrogens (tertiary/aromatic N) is 2. The third kappa shape index (κ3) is 4.23. The highest BCUT2D eigenvalue weighted by Gasteiger charge is 2.34. The van der Waals surface area contributed by atoms with Crippen LogP contribution in [0.2, 0.25) is 0 Å². The Balaban J connectivity index is 1.86. The second kappa shape index (κ2) is 9.44. The van der Waals surface area contributed by atoms with Crippen molar-refractivity contribution >= 4 is 34.3 Å². The molecule has 1 amide bonds. The van der Waals surface area contributed by atoms with Gasteiger partial charge >= 0.3 is 5.97 Å². The lowest BCUT2D eigenvalue weighted by molar-refractivity contribution is -0.141. The Morgan fingerprint density at radius 2 is 1.76 bits per heavy atom. The quantitative estimate of drug-likeness (QED) is 0.587. The minimum Gasteiger partial charge on any atom is -0.494 e. The molecule has 0 radical (unpaired) electrons. The summed E-state index contributed by atoms with van der Waals surface area (Å²) in [5.74, 6) is -1.54. The number of aliphatic imine (C=N–C) groups is 1. The Labute approximate surface area is 190 Å². The summed E-state index contributed by atoms with van der Waals surface area (Å²) in [5.41, 5.74) is 1.92. The number of carbonyl (C=O) groups is 3. The number of fused-ring (bicyclic) bond motifs is 1. The molecular weight excluding hydrogens is 422 g/mol. The van der Waals surface area contributed by atoms with Crippen LogP contribution in [-0.4, -0.2) is 48.6 Å². The monoisotopic (exact) mass is 443 g/mol. The van der Waals surface area contributed by atoms with Gasteiger partial charge in [-0.2, -0.15) is 0 Å². The van der Waals surface area contributed by atoms with E-state index in [1.807, 2.05) is 36.4 Å². The van der Waals surface area contributed by atoms with E-state index in [-0.39, 0.29) is 29.2 Å². The van der Waals surface area contributed by atoms with Crippen LogP contribution in [0.3, 0.4) is 0 Å². The van der Waals surface area contributed by atoms with E-state index in [0.29, 0.717) is 16.6 Å². The molecule has 1 atom stereocenters. The fourth-order valence-corrected chi connectivity index (χ4v) is 3.68. The second-order valence-corrected chi connectivity index (χ2v) is 7.21. The molecule has 1 aliphatic heterocycles. The van der Waals surface area contributed by atoms with Gasteiger partial charge in [0.25, 0.3) is 5.91 Å². The number of carbonyl (C=O) groups excluding carboxylic acids is 3. The average Bonchev–Trinajstić information content (AvgIpc) is 2.86. The van der Waals surface area contributed by atoms with Gasteiger partial charge in [0, 0.05) is 23.6 Å². The standard InChI is InChI=1S/C25H21N3O5/c1-32-23-19(24(30)28-22(25(31)33-2)21-18(29)13-8-14-26-21)16-11-6-7-12-17(16)27-20(23)15-9-4-3-5-10-15/h3-12,14,22H,13H2,1-2H3,(H,28,30). The van der Waals surface area contributed by atoms with E-state index in [4.69, 9.17) is 14.5 Å². The van der Waals surface area contributed by atoms with E-state index in [1.54, 1.807) is 24.3 Å². The maximum absolute atomic E-state index is 13.6. The number of aromatic nitrogens is 1. The molecule has 0 saturated carbocycles. The molecule has 2 aromatic carbocycles. The molecule has 4 rings (SSSR count). The molecular formula is C25H21N3O5. The number of ketones is 1. The van der Waals surface area contributed by atoms with Gasteiger partial charge in [-0.25, -0.2) is 9.78 Å². The topological polar surface area (TPSA) is 107 Å². The van der Waals surface area contributed by atoms with Gasteiger partial charge in [0.15, 0.2) is 17.6 Å². The number of ether oxygens (including phenoxy) is 2. The predicted molar refractivity (Wildman–Crippen MR) is 123 cm³/mol. The van der Waals surface area contributed by atoms with Crippen LogP contribution in [0.15, 0.2) is 71.9 Å². The van der Waals surface area contributed by atoms with Gasteiger partial charge in [0.1, 0.15) is 11.4 Å². The zero-order chi connectivity index (χ0) is 23.4. The number of benzene rings is 2. The summed E-state index contributed by atoms with van der Waals surface area (Å²) in [6.45, 7) is 0. The van der Waals surface area contributed by atoms with Gasteiger partial charge in [-0.3, -0.25) is 14.6 Å². The molecule has 1 N–H and O–H groups in total. The highest BCUT2D eigenvalue weighted by molar-refractivity contribution is 6.46. The Morgan fingerprint density at radius 1 is 1.03 bits per heavy atom. The Morgan fingerprint density at radius 3 is 2.45 bits per heavy atom. The Bertz CT molecular complexity index is 1300. The third-order valence-electron chi connectivity index (χ3n) is 5.22. The van der Waals surface area contributed by atoms with E-state index < -0.39 is 17.9 Å². The molecule has 0 aliphatic carbocycles. The van der Waals surface area contributed by atoms with Crippen molar-refractivity contribution in [3.63, 3.8) is 0 Å². The number of para-hydroxylation sites is 1. The number of allylic oxidation sites excluding steroid dienone is 1. The van der Waals surface area contributed by atoms with Crippen LogP contribution in [0.1, 0.15) is 16.8 Å². The van der Waals surface area contributed by atoms with Crippen LogP contribution in [-0.2, 0) is 14.3 Å². The van der Waals surface area contributed by atoms with Crippen molar-refractivity contribution < 1.29 is 23.9 Å². The molecule has 0 saturated heterocycles. The van der Waals surface area contributed by atoms with Gasteiger partial charge in [-0.15, -0.1) is 0 Å². The predicted octanol–water partition coefficient (Wildman–Crippen LogP) is 3.11. The zero-order valence-corrected chi connectivity index (χ0v) is 18.1. The number of rotatable bonds is 6. The zero-order valence-electron chi connectivity index (χ0n) is 18.1. The maximum atomic E-state index is 13.6. The molecule has 0 bridgehead atoms. The third-order valence-corrected chi connectivity index (χ3v) is 5.22. The largest absolute Gasteiger partial charge is 0.494 e. The van der Waals surface area contributed by atoms with Crippen LogP contribution in [0.5, 0.6) is 5.75 Å². The Kier molecular flexibility index (Phi) is 6.26. The molecule has 1 unspecified atom stereocenters. The normalized spacial score (nSPS) is 13.9. The first kappa shape index (κ1) is 21.9. The van der Waals surface area contributed by atoms with Crippen molar-refractivity contribution in [2.75, 3.05) is 14.2 Å². The molecule has 3 aromatic rings. The van der Waals surface area contributed by atoms with Crippen LogP contribution in [0.25, 0.3) is 22.2 Å². The maximum Gasteiger partial charge on any atom is 0.334 e. The van der Waals surface area contributed by atoms with Crippen LogP contribution in [0.4, 0.5) is 0 Å². The van der Waals surface area contributed by atoms with Crippen molar-refractivity contribution in [2.24, 2.45) is 4.99 Å². The second-order valence-electron chi connectivity index (χ2n) is 7.21. The van der Waals surface area contributed by atoms with Crippen LogP contribution < -0.4 is 10.1 Å². The summed E-state index contributed by atoms with van der Waals surface area (Å²) in [6.07, 6.45) is 3.09. The molecule has 1 aromatic heterocycles.